The highest BCUT2D eigenvalue weighted by Gasteiger charge is 2.11. The standard InChI is InChI=1S/C17H17N3O/c1-19-11-12-4-2-6-14(10-12)20-9-8-13-5-3-7-15(16(13)20)17(18)21/h2-10,19H,11H2,1H3,(H2,18,21). The molecule has 0 unspecified atom stereocenters. The molecule has 0 radical (unpaired) electrons. The van der Waals surface area contributed by atoms with E-state index in [2.05, 4.69) is 17.4 Å². The van der Waals surface area contributed by atoms with Gasteiger partial charge >= 0.3 is 0 Å². The molecular weight excluding hydrogens is 262 g/mol. The minimum absolute atomic E-state index is 0.410. The zero-order valence-electron chi connectivity index (χ0n) is 11.8. The lowest BCUT2D eigenvalue weighted by molar-refractivity contribution is 0.100. The van der Waals surface area contributed by atoms with E-state index in [1.165, 1.54) is 5.56 Å². The predicted octanol–water partition coefficient (Wildman–Crippen LogP) is 2.45. The molecule has 0 aliphatic carbocycles. The van der Waals surface area contributed by atoms with Crippen molar-refractivity contribution >= 4 is 16.8 Å². The lowest BCUT2D eigenvalue weighted by Crippen LogP contribution is -2.12. The van der Waals surface area contributed by atoms with Crippen molar-refractivity contribution < 1.29 is 4.79 Å². The molecule has 0 saturated carbocycles. The molecule has 21 heavy (non-hydrogen) atoms. The van der Waals surface area contributed by atoms with Crippen molar-refractivity contribution in [2.45, 2.75) is 6.54 Å². The number of nitrogens with two attached hydrogens (primary N) is 1. The Balaban J connectivity index is 2.21. The number of rotatable bonds is 4. The number of hydrogen-bond acceptors (Lipinski definition) is 2. The monoisotopic (exact) mass is 279 g/mol. The largest absolute Gasteiger partial charge is 0.366 e. The Morgan fingerprint density at radius 2 is 2.00 bits per heavy atom. The maximum atomic E-state index is 11.7. The third-order valence-electron chi connectivity index (χ3n) is 3.55. The molecule has 4 nitrogen and oxygen atoms in total. The summed E-state index contributed by atoms with van der Waals surface area (Å²) in [5.74, 6) is -0.410. The SMILES string of the molecule is CNCc1cccc(-n2ccc3cccc(C(N)=O)c32)c1. The quantitative estimate of drug-likeness (QED) is 0.770. The zero-order valence-corrected chi connectivity index (χ0v) is 11.8. The summed E-state index contributed by atoms with van der Waals surface area (Å²) in [4.78, 5) is 11.7. The van der Waals surface area contributed by atoms with Crippen molar-refractivity contribution in [1.29, 1.82) is 0 Å². The van der Waals surface area contributed by atoms with Crippen LogP contribution >= 0.6 is 0 Å². The van der Waals surface area contributed by atoms with Crippen LogP contribution in [0.5, 0.6) is 0 Å². The van der Waals surface area contributed by atoms with Crippen LogP contribution in [0, 0.1) is 0 Å². The van der Waals surface area contributed by atoms with Crippen LogP contribution in [-0.4, -0.2) is 17.5 Å². The van der Waals surface area contributed by atoms with E-state index in [1.807, 2.05) is 48.1 Å². The number of fused-ring (bicyclic) bond motifs is 1. The second-order valence-corrected chi connectivity index (χ2v) is 4.99. The molecule has 0 saturated heterocycles. The van der Waals surface area contributed by atoms with Crippen molar-refractivity contribution in [3.63, 3.8) is 0 Å². The minimum Gasteiger partial charge on any atom is -0.366 e. The third kappa shape index (κ3) is 2.41. The molecule has 1 amide bonds. The van der Waals surface area contributed by atoms with Crippen LogP contribution in [0.3, 0.4) is 0 Å². The molecule has 0 aliphatic heterocycles. The average Bonchev–Trinajstić information content (AvgIpc) is 2.91. The maximum Gasteiger partial charge on any atom is 0.250 e. The van der Waals surface area contributed by atoms with Gasteiger partial charge in [0.2, 0.25) is 0 Å². The summed E-state index contributed by atoms with van der Waals surface area (Å²) >= 11 is 0. The van der Waals surface area contributed by atoms with E-state index < -0.39 is 5.91 Å². The second kappa shape index (κ2) is 5.42. The van der Waals surface area contributed by atoms with Crippen LogP contribution in [-0.2, 0) is 6.54 Å². The number of para-hydroxylation sites is 1. The van der Waals surface area contributed by atoms with Crippen molar-refractivity contribution in [3.05, 3.63) is 65.9 Å². The van der Waals surface area contributed by atoms with Gasteiger partial charge in [0, 0.05) is 23.8 Å². The molecule has 4 heteroatoms. The van der Waals surface area contributed by atoms with Gasteiger partial charge in [0.05, 0.1) is 11.1 Å². The normalized spacial score (nSPS) is 10.9. The van der Waals surface area contributed by atoms with Crippen molar-refractivity contribution in [3.8, 4) is 5.69 Å². The van der Waals surface area contributed by atoms with Crippen LogP contribution in [0.2, 0.25) is 0 Å². The molecule has 0 bridgehead atoms. The first-order valence-electron chi connectivity index (χ1n) is 6.84. The number of benzene rings is 2. The van der Waals surface area contributed by atoms with Gasteiger partial charge in [-0.25, -0.2) is 0 Å². The van der Waals surface area contributed by atoms with Gasteiger partial charge in [-0.15, -0.1) is 0 Å². The molecule has 106 valence electrons. The Morgan fingerprint density at radius 1 is 1.19 bits per heavy atom. The van der Waals surface area contributed by atoms with Gasteiger partial charge in [-0.3, -0.25) is 4.79 Å². The fourth-order valence-electron chi connectivity index (χ4n) is 2.63. The lowest BCUT2D eigenvalue weighted by Gasteiger charge is -2.10. The summed E-state index contributed by atoms with van der Waals surface area (Å²) < 4.78 is 2.01. The molecule has 2 aromatic carbocycles. The lowest BCUT2D eigenvalue weighted by atomic mass is 10.1. The van der Waals surface area contributed by atoms with Crippen molar-refractivity contribution in [2.75, 3.05) is 7.05 Å². The maximum absolute atomic E-state index is 11.7. The number of carbonyl (C=O) groups excluding carboxylic acids is 1. The van der Waals surface area contributed by atoms with E-state index in [-0.39, 0.29) is 0 Å². The topological polar surface area (TPSA) is 60.1 Å². The van der Waals surface area contributed by atoms with Crippen LogP contribution in [0.15, 0.2) is 54.7 Å². The van der Waals surface area contributed by atoms with Gasteiger partial charge < -0.3 is 15.6 Å². The first-order chi connectivity index (χ1) is 10.2. The molecule has 0 atom stereocenters. The van der Waals surface area contributed by atoms with E-state index >= 15 is 0 Å². The van der Waals surface area contributed by atoms with E-state index in [1.54, 1.807) is 6.07 Å². The molecule has 1 aromatic heterocycles. The number of aromatic nitrogens is 1. The number of amides is 1. The van der Waals surface area contributed by atoms with E-state index in [0.29, 0.717) is 5.56 Å². The Labute approximate surface area is 123 Å². The summed E-state index contributed by atoms with van der Waals surface area (Å²) in [6.07, 6.45) is 1.97. The molecule has 1 heterocycles. The summed E-state index contributed by atoms with van der Waals surface area (Å²) in [5.41, 5.74) is 9.10. The van der Waals surface area contributed by atoms with E-state index in [0.717, 1.165) is 23.1 Å². The van der Waals surface area contributed by atoms with Crippen LogP contribution in [0.1, 0.15) is 15.9 Å². The van der Waals surface area contributed by atoms with Gasteiger partial charge in [0.15, 0.2) is 0 Å². The Morgan fingerprint density at radius 3 is 2.76 bits per heavy atom. The summed E-state index contributed by atoms with van der Waals surface area (Å²) in [6, 6.07) is 15.8. The first kappa shape index (κ1) is 13.4. The van der Waals surface area contributed by atoms with Gasteiger partial charge in [0.25, 0.3) is 5.91 Å². The highest BCUT2D eigenvalue weighted by molar-refractivity contribution is 6.05. The molecule has 3 rings (SSSR count). The van der Waals surface area contributed by atoms with Crippen LogP contribution in [0.4, 0.5) is 0 Å². The van der Waals surface area contributed by atoms with Crippen molar-refractivity contribution in [1.82, 2.24) is 9.88 Å². The fourth-order valence-corrected chi connectivity index (χ4v) is 2.63. The predicted molar refractivity (Wildman–Crippen MR) is 84.6 cm³/mol. The molecule has 3 aromatic rings. The average molecular weight is 279 g/mol. The fraction of sp³-hybridized carbons (Fsp3) is 0.118. The Kier molecular flexibility index (Phi) is 3.46. The van der Waals surface area contributed by atoms with Gasteiger partial charge in [-0.2, -0.15) is 0 Å². The number of nitrogens with one attached hydrogen (secondary N) is 1. The molecule has 0 spiro atoms. The van der Waals surface area contributed by atoms with Crippen molar-refractivity contribution in [2.24, 2.45) is 5.73 Å². The number of carbonyl (C=O) groups is 1. The highest BCUT2D eigenvalue weighted by atomic mass is 16.1. The van der Waals surface area contributed by atoms with Crippen LogP contribution < -0.4 is 11.1 Å². The number of hydrogen-bond donors (Lipinski definition) is 2. The number of nitrogens with zero attached hydrogens (tertiary/aromatic N) is 1. The van der Waals surface area contributed by atoms with Crippen LogP contribution in [0.25, 0.3) is 16.6 Å². The van der Waals surface area contributed by atoms with Gasteiger partial charge in [-0.1, -0.05) is 24.3 Å². The van der Waals surface area contributed by atoms with Gasteiger partial charge in [0.1, 0.15) is 0 Å². The summed E-state index contributed by atoms with van der Waals surface area (Å²) in [7, 11) is 1.92. The smallest absolute Gasteiger partial charge is 0.250 e. The van der Waals surface area contributed by atoms with Gasteiger partial charge in [-0.05, 0) is 36.9 Å². The molecule has 0 aliphatic rings. The van der Waals surface area contributed by atoms with E-state index in [4.69, 9.17) is 5.73 Å². The highest BCUT2D eigenvalue weighted by Crippen LogP contribution is 2.24. The molecule has 0 fully saturated rings. The Hall–Kier alpha value is -2.59. The summed E-state index contributed by atoms with van der Waals surface area (Å²) in [6.45, 7) is 0.801. The molecular formula is C17H17N3O. The first-order valence-corrected chi connectivity index (χ1v) is 6.84. The zero-order chi connectivity index (χ0) is 14.8. The van der Waals surface area contributed by atoms with E-state index in [9.17, 15) is 4.79 Å². The third-order valence-corrected chi connectivity index (χ3v) is 3.55. The summed E-state index contributed by atoms with van der Waals surface area (Å²) in [5, 5.41) is 4.14. The number of primary amides is 1. The molecule has 3 N–H and O–H groups in total. The second-order valence-electron chi connectivity index (χ2n) is 4.99. The minimum atomic E-state index is -0.410. The Bertz CT molecular complexity index is 805.